The number of hydrogen-bond acceptors (Lipinski definition) is 5. The molecule has 5 nitrogen and oxygen atoms in total. The molecule has 2 atom stereocenters. The molecule has 5 heteroatoms. The van der Waals surface area contributed by atoms with Gasteiger partial charge in [0, 0.05) is 5.57 Å². The van der Waals surface area contributed by atoms with Crippen LogP contribution in [0.3, 0.4) is 0 Å². The number of carbonyl (C=O) groups is 2. The Balaban J connectivity index is 3.06. The minimum Gasteiger partial charge on any atom is -0.460 e. The average Bonchev–Trinajstić information content (AvgIpc) is 2.85. The van der Waals surface area contributed by atoms with E-state index in [0.29, 0.717) is 12.8 Å². The van der Waals surface area contributed by atoms with Gasteiger partial charge in [-0.3, -0.25) is 4.79 Å². The second kappa shape index (κ2) is 6.63. The summed E-state index contributed by atoms with van der Waals surface area (Å²) in [5.41, 5.74) is -2.97. The van der Waals surface area contributed by atoms with E-state index in [1.54, 1.807) is 41.5 Å². The highest BCUT2D eigenvalue weighted by Gasteiger charge is 2.57. The molecule has 0 aliphatic heterocycles. The smallest absolute Gasteiger partial charge is 0.333 e. The summed E-state index contributed by atoms with van der Waals surface area (Å²) < 4.78 is 11.0. The van der Waals surface area contributed by atoms with Gasteiger partial charge in [0.05, 0.1) is 5.92 Å². The number of esters is 2. The molecule has 1 aliphatic rings. The van der Waals surface area contributed by atoms with Crippen LogP contribution in [0.5, 0.6) is 0 Å². The third-order valence-corrected chi connectivity index (χ3v) is 4.57. The fraction of sp³-hybridized carbons (Fsp3) is 0.778. The summed E-state index contributed by atoms with van der Waals surface area (Å²) in [4.78, 5) is 24.4. The van der Waals surface area contributed by atoms with Crippen molar-refractivity contribution in [3.8, 4) is 0 Å². The number of aliphatic hydroxyl groups is 1. The van der Waals surface area contributed by atoms with Gasteiger partial charge in [-0.05, 0) is 67.2 Å². The van der Waals surface area contributed by atoms with Gasteiger partial charge < -0.3 is 14.6 Å². The van der Waals surface area contributed by atoms with Gasteiger partial charge in [0.15, 0.2) is 0 Å². The summed E-state index contributed by atoms with van der Waals surface area (Å²) >= 11 is 0. The van der Waals surface area contributed by atoms with Crippen LogP contribution >= 0.6 is 0 Å². The van der Waals surface area contributed by atoms with Crippen molar-refractivity contribution in [1.82, 2.24) is 0 Å². The minimum absolute atomic E-state index is 0.275. The third kappa shape index (κ3) is 4.34. The van der Waals surface area contributed by atoms with Crippen LogP contribution < -0.4 is 0 Å². The molecule has 0 amide bonds. The van der Waals surface area contributed by atoms with Crippen molar-refractivity contribution < 1.29 is 24.2 Å². The van der Waals surface area contributed by atoms with Gasteiger partial charge in [0.1, 0.15) is 16.8 Å². The molecule has 1 aliphatic carbocycles. The quantitative estimate of drug-likeness (QED) is 0.620. The van der Waals surface area contributed by atoms with Crippen LogP contribution in [0.15, 0.2) is 12.2 Å². The molecule has 0 aromatic rings. The Morgan fingerprint density at radius 1 is 1.17 bits per heavy atom. The Hall–Kier alpha value is -1.36. The van der Waals surface area contributed by atoms with Crippen molar-refractivity contribution in [3.63, 3.8) is 0 Å². The first-order valence-electron chi connectivity index (χ1n) is 8.16. The van der Waals surface area contributed by atoms with E-state index in [1.165, 1.54) is 0 Å². The van der Waals surface area contributed by atoms with Gasteiger partial charge in [-0.25, -0.2) is 4.79 Å². The minimum atomic E-state index is -1.52. The van der Waals surface area contributed by atoms with Gasteiger partial charge in [-0.2, -0.15) is 0 Å². The molecule has 23 heavy (non-hydrogen) atoms. The predicted molar refractivity (Wildman–Crippen MR) is 87.7 cm³/mol. The molecule has 0 aromatic carbocycles. The monoisotopic (exact) mass is 326 g/mol. The molecule has 0 aromatic heterocycles. The Morgan fingerprint density at radius 3 is 2.04 bits per heavy atom. The molecule has 2 unspecified atom stereocenters. The molecule has 1 fully saturated rings. The van der Waals surface area contributed by atoms with E-state index in [-0.39, 0.29) is 5.57 Å². The molecule has 1 saturated carbocycles. The van der Waals surface area contributed by atoms with Gasteiger partial charge in [0.2, 0.25) is 0 Å². The molecule has 1 rings (SSSR count). The first kappa shape index (κ1) is 19.7. The van der Waals surface area contributed by atoms with E-state index in [9.17, 15) is 14.7 Å². The third-order valence-electron chi connectivity index (χ3n) is 4.57. The Labute approximate surface area is 139 Å². The fourth-order valence-corrected chi connectivity index (χ4v) is 2.94. The van der Waals surface area contributed by atoms with E-state index in [1.807, 2.05) is 0 Å². The zero-order valence-corrected chi connectivity index (χ0v) is 15.2. The van der Waals surface area contributed by atoms with Crippen molar-refractivity contribution in [1.29, 1.82) is 0 Å². The Morgan fingerprint density at radius 2 is 1.65 bits per heavy atom. The molecular formula is C18H30O5. The highest BCUT2D eigenvalue weighted by atomic mass is 16.6. The van der Waals surface area contributed by atoms with Crippen molar-refractivity contribution in [2.24, 2.45) is 5.92 Å². The summed E-state index contributed by atoms with van der Waals surface area (Å²) in [6.45, 7) is 13.7. The Kier molecular flexibility index (Phi) is 5.68. The molecule has 0 spiro atoms. The number of rotatable bonds is 5. The SMILES string of the molecule is C=C(C)C(=O)OC1(C(C)(O)C(C)C(=O)OC(C)(C)C)CCCC1. The van der Waals surface area contributed by atoms with Crippen molar-refractivity contribution >= 4 is 11.9 Å². The van der Waals surface area contributed by atoms with E-state index in [4.69, 9.17) is 9.47 Å². The molecule has 0 saturated heterocycles. The molecule has 0 bridgehead atoms. The van der Waals surface area contributed by atoms with Crippen LogP contribution in [0.4, 0.5) is 0 Å². The van der Waals surface area contributed by atoms with Crippen LogP contribution in [-0.4, -0.2) is 33.8 Å². The van der Waals surface area contributed by atoms with E-state index >= 15 is 0 Å². The maximum atomic E-state index is 12.4. The van der Waals surface area contributed by atoms with Gasteiger partial charge in [0.25, 0.3) is 0 Å². The summed E-state index contributed by atoms with van der Waals surface area (Å²) in [6, 6.07) is 0. The normalized spacial score (nSPS) is 21.2. The molecule has 0 radical (unpaired) electrons. The molecule has 1 N–H and O–H groups in total. The van der Waals surface area contributed by atoms with Gasteiger partial charge >= 0.3 is 11.9 Å². The fourth-order valence-electron chi connectivity index (χ4n) is 2.94. The van der Waals surface area contributed by atoms with Gasteiger partial charge in [-0.1, -0.05) is 6.58 Å². The lowest BCUT2D eigenvalue weighted by Crippen LogP contribution is -2.59. The average molecular weight is 326 g/mol. The van der Waals surface area contributed by atoms with Crippen LogP contribution in [0, 0.1) is 5.92 Å². The van der Waals surface area contributed by atoms with Crippen molar-refractivity contribution in [2.75, 3.05) is 0 Å². The maximum Gasteiger partial charge on any atom is 0.333 e. The lowest BCUT2D eigenvalue weighted by molar-refractivity contribution is -0.210. The lowest BCUT2D eigenvalue weighted by Gasteiger charge is -2.45. The second-order valence-corrected chi connectivity index (χ2v) is 7.77. The summed E-state index contributed by atoms with van der Waals surface area (Å²) in [5.74, 6) is -1.86. The largest absolute Gasteiger partial charge is 0.460 e. The first-order valence-corrected chi connectivity index (χ1v) is 8.16. The second-order valence-electron chi connectivity index (χ2n) is 7.77. The topological polar surface area (TPSA) is 72.8 Å². The molecule has 132 valence electrons. The van der Waals surface area contributed by atoms with E-state index < -0.39 is 34.7 Å². The lowest BCUT2D eigenvalue weighted by atomic mass is 9.74. The molecular weight excluding hydrogens is 296 g/mol. The predicted octanol–water partition coefficient (Wildman–Crippen LogP) is 3.15. The van der Waals surface area contributed by atoms with E-state index in [0.717, 1.165) is 12.8 Å². The summed E-state index contributed by atoms with van der Waals surface area (Å²) in [6.07, 6.45) is 2.71. The first-order chi connectivity index (χ1) is 10.3. The highest BCUT2D eigenvalue weighted by molar-refractivity contribution is 5.87. The number of ether oxygens (including phenoxy) is 2. The standard InChI is InChI=1S/C18H30O5/c1-12(2)14(19)23-18(10-8-9-11-18)17(7,21)13(3)15(20)22-16(4,5)6/h13,21H,1,8-11H2,2-7H3. The summed E-state index contributed by atoms with van der Waals surface area (Å²) in [7, 11) is 0. The Bertz CT molecular complexity index is 478. The van der Waals surface area contributed by atoms with Crippen molar-refractivity contribution in [2.45, 2.75) is 84.0 Å². The van der Waals surface area contributed by atoms with E-state index in [2.05, 4.69) is 6.58 Å². The van der Waals surface area contributed by atoms with Gasteiger partial charge in [-0.15, -0.1) is 0 Å². The summed E-state index contributed by atoms with van der Waals surface area (Å²) in [5, 5.41) is 11.1. The van der Waals surface area contributed by atoms with Crippen LogP contribution in [0.25, 0.3) is 0 Å². The zero-order valence-electron chi connectivity index (χ0n) is 15.2. The van der Waals surface area contributed by atoms with Crippen LogP contribution in [-0.2, 0) is 19.1 Å². The van der Waals surface area contributed by atoms with Crippen molar-refractivity contribution in [3.05, 3.63) is 12.2 Å². The maximum absolute atomic E-state index is 12.4. The highest BCUT2D eigenvalue weighted by Crippen LogP contribution is 2.46. The number of hydrogen-bond donors (Lipinski definition) is 1. The van der Waals surface area contributed by atoms with Crippen LogP contribution in [0.2, 0.25) is 0 Å². The molecule has 0 heterocycles. The number of carbonyl (C=O) groups excluding carboxylic acids is 2. The van der Waals surface area contributed by atoms with Crippen LogP contribution in [0.1, 0.15) is 67.2 Å². The zero-order chi connectivity index (χ0) is 18.1.